The standard InChI is InChI=1S/C20H23NO7/c1-4-11-7-17(25)27-19-12-5-6-20(2,3)28-13(12)8-14(18(11)19)26-10-15(22)21-9-16(23)24/h7-8H,4-6,9-10H2,1-3H3,(H,21,22)(H,23,24). The predicted octanol–water partition coefficient (Wildman–Crippen LogP) is 2.04. The number of fused-ring (bicyclic) bond motifs is 3. The van der Waals surface area contributed by atoms with Crippen molar-refractivity contribution in [2.45, 2.75) is 45.6 Å². The van der Waals surface area contributed by atoms with E-state index < -0.39 is 24.0 Å². The molecule has 1 amide bonds. The molecule has 2 N–H and O–H groups in total. The fourth-order valence-electron chi connectivity index (χ4n) is 3.28. The van der Waals surface area contributed by atoms with Gasteiger partial charge >= 0.3 is 11.6 Å². The van der Waals surface area contributed by atoms with Gasteiger partial charge in [0.1, 0.15) is 29.2 Å². The number of rotatable bonds is 6. The lowest BCUT2D eigenvalue weighted by molar-refractivity contribution is -0.138. The van der Waals surface area contributed by atoms with E-state index in [1.54, 1.807) is 6.07 Å². The first-order valence-corrected chi connectivity index (χ1v) is 9.13. The molecule has 1 aromatic carbocycles. The topological polar surface area (TPSA) is 115 Å². The van der Waals surface area contributed by atoms with Crippen LogP contribution in [0.1, 0.15) is 38.3 Å². The zero-order valence-electron chi connectivity index (χ0n) is 16.1. The summed E-state index contributed by atoms with van der Waals surface area (Å²) in [5, 5.41) is 11.5. The van der Waals surface area contributed by atoms with Crippen LogP contribution in [0.5, 0.6) is 11.5 Å². The Hall–Kier alpha value is -3.03. The first-order valence-electron chi connectivity index (χ1n) is 9.13. The largest absolute Gasteiger partial charge is 0.487 e. The van der Waals surface area contributed by atoms with Crippen LogP contribution in [-0.4, -0.2) is 35.7 Å². The molecule has 0 bridgehead atoms. The zero-order valence-corrected chi connectivity index (χ0v) is 16.1. The highest BCUT2D eigenvalue weighted by Gasteiger charge is 2.30. The smallest absolute Gasteiger partial charge is 0.336 e. The van der Waals surface area contributed by atoms with E-state index in [4.69, 9.17) is 19.0 Å². The molecule has 150 valence electrons. The SMILES string of the molecule is CCc1cc(=O)oc2c3c(cc(OCC(=O)NCC(=O)O)c12)OC(C)(C)CC3. The minimum Gasteiger partial charge on any atom is -0.487 e. The lowest BCUT2D eigenvalue weighted by atomic mass is 9.92. The second-order valence-electron chi connectivity index (χ2n) is 7.32. The number of aliphatic carboxylic acids is 1. The summed E-state index contributed by atoms with van der Waals surface area (Å²) in [5.74, 6) is -0.790. The summed E-state index contributed by atoms with van der Waals surface area (Å²) in [7, 11) is 0. The number of carbonyl (C=O) groups excluding carboxylic acids is 1. The van der Waals surface area contributed by atoms with Gasteiger partial charge in [-0.2, -0.15) is 0 Å². The number of hydrogen-bond acceptors (Lipinski definition) is 6. The molecule has 0 unspecified atom stereocenters. The van der Waals surface area contributed by atoms with E-state index in [9.17, 15) is 14.4 Å². The van der Waals surface area contributed by atoms with Crippen molar-refractivity contribution in [1.29, 1.82) is 0 Å². The van der Waals surface area contributed by atoms with Gasteiger partial charge < -0.3 is 24.3 Å². The van der Waals surface area contributed by atoms with Crippen molar-refractivity contribution in [3.63, 3.8) is 0 Å². The minimum absolute atomic E-state index is 0.359. The molecule has 2 heterocycles. The highest BCUT2D eigenvalue weighted by atomic mass is 16.5. The average Bonchev–Trinajstić information content (AvgIpc) is 2.62. The molecule has 0 radical (unpaired) electrons. The molecule has 3 rings (SSSR count). The number of nitrogens with one attached hydrogen (secondary N) is 1. The number of amides is 1. The molecule has 0 atom stereocenters. The Morgan fingerprint density at radius 2 is 2.07 bits per heavy atom. The first kappa shape index (κ1) is 19.7. The Kier molecular flexibility index (Phi) is 5.31. The number of aryl methyl sites for hydroxylation is 2. The number of carboxylic acid groups (broad SMARTS) is 1. The number of carboxylic acids is 1. The maximum absolute atomic E-state index is 12.0. The van der Waals surface area contributed by atoms with Crippen molar-refractivity contribution in [3.8, 4) is 11.5 Å². The fraction of sp³-hybridized carbons (Fsp3) is 0.450. The summed E-state index contributed by atoms with van der Waals surface area (Å²) in [6, 6.07) is 3.13. The summed E-state index contributed by atoms with van der Waals surface area (Å²) in [6.45, 7) is 5.00. The van der Waals surface area contributed by atoms with Gasteiger partial charge in [0.15, 0.2) is 6.61 Å². The molecule has 0 saturated heterocycles. The Morgan fingerprint density at radius 3 is 2.75 bits per heavy atom. The predicted molar refractivity (Wildman–Crippen MR) is 101 cm³/mol. The van der Waals surface area contributed by atoms with E-state index >= 15 is 0 Å². The molecule has 8 nitrogen and oxygen atoms in total. The van der Waals surface area contributed by atoms with E-state index in [1.807, 2.05) is 20.8 Å². The molecule has 0 saturated carbocycles. The summed E-state index contributed by atoms with van der Waals surface area (Å²) in [6.07, 6.45) is 2.04. The Balaban J connectivity index is 2.04. The van der Waals surface area contributed by atoms with E-state index in [2.05, 4.69) is 5.32 Å². The molecule has 28 heavy (non-hydrogen) atoms. The third-order valence-corrected chi connectivity index (χ3v) is 4.66. The van der Waals surface area contributed by atoms with Crippen molar-refractivity contribution in [2.75, 3.05) is 13.2 Å². The Bertz CT molecular complexity index is 990. The quantitative estimate of drug-likeness (QED) is 0.727. The number of ether oxygens (including phenoxy) is 2. The van der Waals surface area contributed by atoms with E-state index in [0.717, 1.165) is 17.5 Å². The highest BCUT2D eigenvalue weighted by molar-refractivity contribution is 5.92. The third-order valence-electron chi connectivity index (χ3n) is 4.66. The molecule has 2 aromatic rings. The van der Waals surface area contributed by atoms with Crippen molar-refractivity contribution in [2.24, 2.45) is 0 Å². The van der Waals surface area contributed by atoms with Gasteiger partial charge in [0.25, 0.3) is 5.91 Å². The fourth-order valence-corrected chi connectivity index (χ4v) is 3.28. The minimum atomic E-state index is -1.14. The molecule has 8 heteroatoms. The van der Waals surface area contributed by atoms with Crippen molar-refractivity contribution < 1.29 is 28.6 Å². The maximum Gasteiger partial charge on any atom is 0.336 e. The normalized spacial score (nSPS) is 14.8. The maximum atomic E-state index is 12.0. The van der Waals surface area contributed by atoms with Crippen molar-refractivity contribution in [1.82, 2.24) is 5.32 Å². The molecule has 1 aliphatic heterocycles. The van der Waals surface area contributed by atoms with Crippen LogP contribution in [0.2, 0.25) is 0 Å². The number of hydrogen-bond donors (Lipinski definition) is 2. The molecular formula is C20H23NO7. The van der Waals surface area contributed by atoms with Crippen molar-refractivity contribution >= 4 is 22.8 Å². The lowest BCUT2D eigenvalue weighted by Crippen LogP contribution is -2.33. The first-order chi connectivity index (χ1) is 13.2. The van der Waals surface area contributed by atoms with Gasteiger partial charge in [-0.25, -0.2) is 4.79 Å². The second kappa shape index (κ2) is 7.53. The van der Waals surface area contributed by atoms with E-state index in [1.165, 1.54) is 6.07 Å². The van der Waals surface area contributed by atoms with Gasteiger partial charge in [-0.05, 0) is 38.7 Å². The Labute approximate surface area is 161 Å². The Morgan fingerprint density at radius 1 is 1.32 bits per heavy atom. The van der Waals surface area contributed by atoms with Crippen molar-refractivity contribution in [3.05, 3.63) is 33.7 Å². The van der Waals surface area contributed by atoms with Crippen LogP contribution in [0.4, 0.5) is 0 Å². The van der Waals surface area contributed by atoms with Crippen LogP contribution >= 0.6 is 0 Å². The molecule has 0 fully saturated rings. The molecular weight excluding hydrogens is 366 g/mol. The van der Waals surface area contributed by atoms with E-state index in [0.29, 0.717) is 35.3 Å². The monoisotopic (exact) mass is 389 g/mol. The zero-order chi connectivity index (χ0) is 20.5. The molecule has 0 spiro atoms. The highest BCUT2D eigenvalue weighted by Crippen LogP contribution is 2.42. The van der Waals surface area contributed by atoms with Crippen LogP contribution in [0.25, 0.3) is 11.0 Å². The van der Waals surface area contributed by atoms with Gasteiger partial charge in [-0.15, -0.1) is 0 Å². The van der Waals surface area contributed by atoms with Crippen LogP contribution in [-0.2, 0) is 22.4 Å². The average molecular weight is 389 g/mol. The van der Waals surface area contributed by atoms with Gasteiger partial charge in [0.05, 0.1) is 5.39 Å². The van der Waals surface area contributed by atoms with Crippen LogP contribution in [0.3, 0.4) is 0 Å². The second-order valence-corrected chi connectivity index (χ2v) is 7.32. The van der Waals surface area contributed by atoms with Gasteiger partial charge in [0, 0.05) is 17.7 Å². The lowest BCUT2D eigenvalue weighted by Gasteiger charge is -2.33. The molecule has 0 aliphatic carbocycles. The number of carbonyl (C=O) groups is 2. The summed E-state index contributed by atoms with van der Waals surface area (Å²) < 4.78 is 17.2. The van der Waals surface area contributed by atoms with Gasteiger partial charge in [-0.3, -0.25) is 9.59 Å². The van der Waals surface area contributed by atoms with E-state index in [-0.39, 0.29) is 12.2 Å². The van der Waals surface area contributed by atoms with Gasteiger partial charge in [-0.1, -0.05) is 6.92 Å². The van der Waals surface area contributed by atoms with Crippen LogP contribution in [0.15, 0.2) is 21.3 Å². The summed E-state index contributed by atoms with van der Waals surface area (Å²) in [4.78, 5) is 34.5. The van der Waals surface area contributed by atoms with Gasteiger partial charge in [0.2, 0.25) is 0 Å². The third kappa shape index (κ3) is 4.11. The molecule has 1 aliphatic rings. The van der Waals surface area contributed by atoms with Crippen LogP contribution in [0, 0.1) is 0 Å². The number of benzene rings is 1. The van der Waals surface area contributed by atoms with Crippen LogP contribution < -0.4 is 20.4 Å². The summed E-state index contributed by atoms with van der Waals surface area (Å²) in [5.41, 5.74) is 1.15. The molecule has 1 aromatic heterocycles. The summed E-state index contributed by atoms with van der Waals surface area (Å²) >= 11 is 0.